The van der Waals surface area contributed by atoms with Crippen molar-refractivity contribution in [1.82, 2.24) is 9.78 Å². The fraction of sp³-hybridized carbons (Fsp3) is 0.286. The van der Waals surface area contributed by atoms with Gasteiger partial charge in [0.2, 0.25) is 0 Å². The van der Waals surface area contributed by atoms with Crippen LogP contribution in [0.5, 0.6) is 0 Å². The van der Waals surface area contributed by atoms with Gasteiger partial charge in [0.05, 0.1) is 45.9 Å². The van der Waals surface area contributed by atoms with Crippen molar-refractivity contribution in [1.29, 1.82) is 5.26 Å². The first-order valence-corrected chi connectivity index (χ1v) is 8.03. The molecule has 1 heterocycles. The third kappa shape index (κ3) is 3.06. The van der Waals surface area contributed by atoms with Gasteiger partial charge in [0.25, 0.3) is 0 Å². The molecule has 0 radical (unpaired) electrons. The molecule has 0 fully saturated rings. The molecule has 0 aliphatic rings. The highest BCUT2D eigenvalue weighted by atomic mass is 32.2. The number of sulfone groups is 1. The van der Waals surface area contributed by atoms with Crippen LogP contribution in [0.1, 0.15) is 17.0 Å². The van der Waals surface area contributed by atoms with Crippen LogP contribution in [-0.4, -0.2) is 24.0 Å². The van der Waals surface area contributed by atoms with E-state index in [9.17, 15) is 8.42 Å². The molecular formula is C14H16N4O2S. The first kappa shape index (κ1) is 15.1. The lowest BCUT2D eigenvalue weighted by molar-refractivity contribution is 0.576. The van der Waals surface area contributed by atoms with E-state index in [2.05, 4.69) is 5.10 Å². The summed E-state index contributed by atoms with van der Waals surface area (Å²) in [7, 11) is -3.46. The number of aryl methyl sites for hydroxylation is 2. The summed E-state index contributed by atoms with van der Waals surface area (Å²) in [6.45, 7) is 3.81. The average Bonchev–Trinajstić information content (AvgIpc) is 2.72. The van der Waals surface area contributed by atoms with Crippen LogP contribution in [0, 0.1) is 25.2 Å². The van der Waals surface area contributed by atoms with Crippen LogP contribution in [0.2, 0.25) is 0 Å². The molecule has 0 unspecified atom stereocenters. The molecule has 1 aromatic carbocycles. The van der Waals surface area contributed by atoms with E-state index in [1.54, 1.807) is 30.7 Å². The van der Waals surface area contributed by atoms with E-state index in [0.717, 1.165) is 5.69 Å². The molecule has 2 rings (SSSR count). The van der Waals surface area contributed by atoms with E-state index in [-0.39, 0.29) is 17.2 Å². The van der Waals surface area contributed by atoms with Gasteiger partial charge in [-0.05, 0) is 32.0 Å². The van der Waals surface area contributed by atoms with Gasteiger partial charge in [0, 0.05) is 0 Å². The minimum Gasteiger partial charge on any atom is -0.396 e. The van der Waals surface area contributed by atoms with Gasteiger partial charge in [-0.25, -0.2) is 8.42 Å². The number of nitrogens with zero attached hydrogens (tertiary/aromatic N) is 3. The van der Waals surface area contributed by atoms with Gasteiger partial charge in [0.1, 0.15) is 0 Å². The molecular weight excluding hydrogens is 288 g/mol. The maximum absolute atomic E-state index is 12.3. The van der Waals surface area contributed by atoms with Crippen molar-refractivity contribution < 1.29 is 8.42 Å². The molecule has 2 aromatic rings. The number of hydrogen-bond donors (Lipinski definition) is 1. The first-order valence-electron chi connectivity index (χ1n) is 6.37. The van der Waals surface area contributed by atoms with Gasteiger partial charge in [-0.1, -0.05) is 6.07 Å². The molecule has 0 aliphatic carbocycles. The summed E-state index contributed by atoms with van der Waals surface area (Å²) >= 11 is 0. The second-order valence-corrected chi connectivity index (χ2v) is 6.88. The molecule has 0 saturated carbocycles. The Morgan fingerprint density at radius 1 is 1.38 bits per heavy atom. The number of benzene rings is 1. The minimum atomic E-state index is -3.46. The Kier molecular flexibility index (Phi) is 4.00. The third-order valence-electron chi connectivity index (χ3n) is 3.33. The number of rotatable bonds is 4. The highest BCUT2D eigenvalue weighted by Gasteiger charge is 2.17. The Labute approximate surface area is 123 Å². The topological polar surface area (TPSA) is 102 Å². The van der Waals surface area contributed by atoms with Crippen LogP contribution in [0.15, 0.2) is 29.2 Å². The van der Waals surface area contributed by atoms with Crippen LogP contribution in [0.3, 0.4) is 0 Å². The highest BCUT2D eigenvalue weighted by molar-refractivity contribution is 7.91. The lowest BCUT2D eigenvalue weighted by Crippen LogP contribution is -2.15. The van der Waals surface area contributed by atoms with Crippen molar-refractivity contribution in [3.05, 3.63) is 41.2 Å². The normalized spacial score (nSPS) is 11.3. The summed E-state index contributed by atoms with van der Waals surface area (Å²) in [6.07, 6.45) is 0. The average molecular weight is 304 g/mol. The lowest BCUT2D eigenvalue weighted by atomic mass is 10.2. The third-order valence-corrected chi connectivity index (χ3v) is 5.02. The van der Waals surface area contributed by atoms with Gasteiger partial charge in [0.15, 0.2) is 9.84 Å². The molecule has 0 bridgehead atoms. The van der Waals surface area contributed by atoms with Gasteiger partial charge < -0.3 is 5.73 Å². The molecule has 21 heavy (non-hydrogen) atoms. The zero-order chi connectivity index (χ0) is 15.6. The van der Waals surface area contributed by atoms with Gasteiger partial charge in [-0.3, -0.25) is 4.68 Å². The lowest BCUT2D eigenvalue weighted by Gasteiger charge is -2.07. The number of nitrogen functional groups attached to an aromatic ring is 1. The van der Waals surface area contributed by atoms with Crippen LogP contribution < -0.4 is 5.73 Å². The largest absolute Gasteiger partial charge is 0.396 e. The van der Waals surface area contributed by atoms with Gasteiger partial charge in [-0.15, -0.1) is 0 Å². The second-order valence-electron chi connectivity index (χ2n) is 4.77. The molecule has 0 amide bonds. The number of nitrogens with two attached hydrogens (primary N) is 1. The number of hydrogen-bond acceptors (Lipinski definition) is 5. The van der Waals surface area contributed by atoms with Crippen molar-refractivity contribution in [3.8, 4) is 6.07 Å². The molecule has 0 spiro atoms. The summed E-state index contributed by atoms with van der Waals surface area (Å²) < 4.78 is 26.2. The van der Waals surface area contributed by atoms with Gasteiger partial charge >= 0.3 is 0 Å². The van der Waals surface area contributed by atoms with Crippen LogP contribution in [0.25, 0.3) is 0 Å². The molecule has 110 valence electrons. The van der Waals surface area contributed by atoms with Crippen molar-refractivity contribution in [2.24, 2.45) is 0 Å². The molecule has 1 aromatic heterocycles. The SMILES string of the molecule is Cc1nn(CCS(=O)(=O)c2cccc(C#N)c2)c(C)c1N. The van der Waals surface area contributed by atoms with E-state index in [4.69, 9.17) is 11.0 Å². The number of nitriles is 1. The van der Waals surface area contributed by atoms with Crippen molar-refractivity contribution in [3.63, 3.8) is 0 Å². The van der Waals surface area contributed by atoms with Crippen LogP contribution >= 0.6 is 0 Å². The monoisotopic (exact) mass is 304 g/mol. The highest BCUT2D eigenvalue weighted by Crippen LogP contribution is 2.17. The summed E-state index contributed by atoms with van der Waals surface area (Å²) in [6, 6.07) is 7.94. The van der Waals surface area contributed by atoms with E-state index < -0.39 is 9.84 Å². The van der Waals surface area contributed by atoms with Crippen molar-refractivity contribution in [2.75, 3.05) is 11.5 Å². The van der Waals surface area contributed by atoms with Crippen molar-refractivity contribution in [2.45, 2.75) is 25.3 Å². The summed E-state index contributed by atoms with van der Waals surface area (Å²) in [5.41, 5.74) is 8.18. The molecule has 7 heteroatoms. The van der Waals surface area contributed by atoms with E-state index in [1.807, 2.05) is 6.07 Å². The Balaban J connectivity index is 2.22. The van der Waals surface area contributed by atoms with E-state index in [0.29, 0.717) is 16.9 Å². The number of aromatic nitrogens is 2. The van der Waals surface area contributed by atoms with Crippen LogP contribution in [-0.2, 0) is 16.4 Å². The fourth-order valence-corrected chi connectivity index (χ4v) is 3.25. The molecule has 0 aliphatic heterocycles. The Morgan fingerprint density at radius 3 is 2.67 bits per heavy atom. The molecule has 0 atom stereocenters. The van der Waals surface area contributed by atoms with E-state index in [1.165, 1.54) is 12.1 Å². The molecule has 6 nitrogen and oxygen atoms in total. The standard InChI is InChI=1S/C14H16N4O2S/c1-10-14(16)11(2)18(17-10)6-7-21(19,20)13-5-3-4-12(8-13)9-15/h3-5,8H,6-7,16H2,1-2H3. The second kappa shape index (κ2) is 5.58. The smallest absolute Gasteiger partial charge is 0.180 e. The molecule has 2 N–H and O–H groups in total. The predicted molar refractivity (Wildman–Crippen MR) is 79.3 cm³/mol. The van der Waals surface area contributed by atoms with Crippen molar-refractivity contribution >= 4 is 15.5 Å². The zero-order valence-electron chi connectivity index (χ0n) is 11.9. The summed E-state index contributed by atoms with van der Waals surface area (Å²) in [5, 5.41) is 13.0. The predicted octanol–water partition coefficient (Wildman–Crippen LogP) is 1.43. The number of anilines is 1. The Morgan fingerprint density at radius 2 is 2.10 bits per heavy atom. The fourth-order valence-electron chi connectivity index (χ4n) is 2.01. The maximum atomic E-state index is 12.3. The summed E-state index contributed by atoms with van der Waals surface area (Å²) in [4.78, 5) is 0.149. The van der Waals surface area contributed by atoms with Crippen LogP contribution in [0.4, 0.5) is 5.69 Å². The molecule has 0 saturated heterocycles. The minimum absolute atomic E-state index is 0.0940. The quantitative estimate of drug-likeness (QED) is 0.920. The Bertz CT molecular complexity index is 816. The zero-order valence-corrected chi connectivity index (χ0v) is 12.7. The Hall–Kier alpha value is -2.33. The maximum Gasteiger partial charge on any atom is 0.180 e. The summed E-state index contributed by atoms with van der Waals surface area (Å²) in [5.74, 6) is -0.0940. The first-order chi connectivity index (χ1) is 9.85. The van der Waals surface area contributed by atoms with E-state index >= 15 is 0 Å². The van der Waals surface area contributed by atoms with Gasteiger partial charge in [-0.2, -0.15) is 10.4 Å².